The lowest BCUT2D eigenvalue weighted by atomic mass is 10.5. The minimum absolute atomic E-state index is 0.0841. The van der Waals surface area contributed by atoms with Crippen LogP contribution in [0, 0.1) is 0 Å². The van der Waals surface area contributed by atoms with Gasteiger partial charge in [0.25, 0.3) is 0 Å². The van der Waals surface area contributed by atoms with Crippen molar-refractivity contribution in [3.05, 3.63) is 10.7 Å². The highest BCUT2D eigenvalue weighted by atomic mass is 79.9. The summed E-state index contributed by atoms with van der Waals surface area (Å²) in [7, 11) is 1.55. The number of aliphatic hydroxyl groups is 1. The van der Waals surface area contributed by atoms with E-state index in [4.69, 9.17) is 9.84 Å². The van der Waals surface area contributed by atoms with Gasteiger partial charge in [0.2, 0.25) is 5.88 Å². The second-order valence-corrected chi connectivity index (χ2v) is 4.88. The third-order valence-corrected chi connectivity index (χ3v) is 2.95. The molecule has 1 N–H and O–H groups in total. The van der Waals surface area contributed by atoms with Gasteiger partial charge in [-0.2, -0.15) is 4.98 Å². The van der Waals surface area contributed by atoms with E-state index in [-0.39, 0.29) is 11.9 Å². The van der Waals surface area contributed by atoms with E-state index in [1.165, 1.54) is 11.8 Å². The molecule has 1 atom stereocenters. The molecule has 0 aliphatic rings. The standard InChI is InChI=1S/C8H11BrN2O2S/c1-5(4-12)14-8-10-3-6(9)7(11-8)13-2/h3,5,12H,4H2,1-2H3. The third kappa shape index (κ3) is 3.11. The Kier molecular flexibility index (Phi) is 4.64. The van der Waals surface area contributed by atoms with E-state index < -0.39 is 0 Å². The molecule has 0 aliphatic carbocycles. The van der Waals surface area contributed by atoms with Crippen LogP contribution in [0.4, 0.5) is 0 Å². The fraction of sp³-hybridized carbons (Fsp3) is 0.500. The Morgan fingerprint density at radius 3 is 3.00 bits per heavy atom. The van der Waals surface area contributed by atoms with Crippen LogP contribution in [0.25, 0.3) is 0 Å². The Morgan fingerprint density at radius 2 is 2.43 bits per heavy atom. The smallest absolute Gasteiger partial charge is 0.231 e. The van der Waals surface area contributed by atoms with E-state index in [0.717, 1.165) is 4.47 Å². The van der Waals surface area contributed by atoms with Crippen molar-refractivity contribution in [2.45, 2.75) is 17.3 Å². The van der Waals surface area contributed by atoms with Gasteiger partial charge in [0.05, 0.1) is 18.2 Å². The number of aromatic nitrogens is 2. The summed E-state index contributed by atoms with van der Waals surface area (Å²) in [6.07, 6.45) is 1.64. The van der Waals surface area contributed by atoms with E-state index in [9.17, 15) is 0 Å². The zero-order valence-electron chi connectivity index (χ0n) is 7.90. The lowest BCUT2D eigenvalue weighted by molar-refractivity contribution is 0.300. The van der Waals surface area contributed by atoms with Crippen molar-refractivity contribution in [2.75, 3.05) is 13.7 Å². The molecule has 1 heterocycles. The summed E-state index contributed by atoms with van der Waals surface area (Å²) in [6.45, 7) is 2.01. The number of nitrogens with zero attached hydrogens (tertiary/aromatic N) is 2. The van der Waals surface area contributed by atoms with Crippen molar-refractivity contribution in [1.82, 2.24) is 9.97 Å². The lowest BCUT2D eigenvalue weighted by Gasteiger charge is -2.07. The van der Waals surface area contributed by atoms with E-state index in [1.807, 2.05) is 6.92 Å². The molecule has 0 amide bonds. The fourth-order valence-electron chi connectivity index (χ4n) is 0.753. The zero-order chi connectivity index (χ0) is 10.6. The first kappa shape index (κ1) is 11.7. The van der Waals surface area contributed by atoms with Gasteiger partial charge in [-0.05, 0) is 15.9 Å². The molecular weight excluding hydrogens is 268 g/mol. The Morgan fingerprint density at radius 1 is 1.71 bits per heavy atom. The number of hydrogen-bond donors (Lipinski definition) is 1. The Hall–Kier alpha value is -0.330. The summed E-state index contributed by atoms with van der Waals surface area (Å²) in [5, 5.41) is 9.55. The molecule has 1 aromatic heterocycles. The Bertz CT molecular complexity index is 311. The van der Waals surface area contributed by atoms with Gasteiger partial charge in [-0.25, -0.2) is 4.98 Å². The summed E-state index contributed by atoms with van der Waals surface area (Å²) in [4.78, 5) is 8.24. The quantitative estimate of drug-likeness (QED) is 0.672. The van der Waals surface area contributed by atoms with E-state index in [2.05, 4.69) is 25.9 Å². The first-order chi connectivity index (χ1) is 6.67. The molecule has 0 bridgehead atoms. The molecule has 14 heavy (non-hydrogen) atoms. The van der Waals surface area contributed by atoms with Gasteiger partial charge in [0.1, 0.15) is 0 Å². The number of thioether (sulfide) groups is 1. The van der Waals surface area contributed by atoms with Crippen LogP contribution in [-0.2, 0) is 0 Å². The van der Waals surface area contributed by atoms with Crippen LogP contribution in [-0.4, -0.2) is 34.0 Å². The normalized spacial score (nSPS) is 12.6. The minimum Gasteiger partial charge on any atom is -0.480 e. The minimum atomic E-state index is 0.0841. The highest BCUT2D eigenvalue weighted by Gasteiger charge is 2.08. The third-order valence-electron chi connectivity index (χ3n) is 1.45. The van der Waals surface area contributed by atoms with Gasteiger partial charge in [-0.1, -0.05) is 18.7 Å². The number of methoxy groups -OCH3 is 1. The second-order valence-electron chi connectivity index (χ2n) is 2.62. The van der Waals surface area contributed by atoms with Crippen LogP contribution >= 0.6 is 27.7 Å². The number of ether oxygens (including phenoxy) is 1. The molecule has 0 aliphatic heterocycles. The molecule has 1 aromatic rings. The van der Waals surface area contributed by atoms with E-state index in [1.54, 1.807) is 13.3 Å². The van der Waals surface area contributed by atoms with Crippen LogP contribution in [0.15, 0.2) is 15.8 Å². The number of halogens is 1. The molecule has 1 rings (SSSR count). The van der Waals surface area contributed by atoms with Gasteiger partial charge in [-0.3, -0.25) is 0 Å². The summed E-state index contributed by atoms with van der Waals surface area (Å²) >= 11 is 4.67. The molecule has 0 aromatic carbocycles. The van der Waals surface area contributed by atoms with Gasteiger partial charge >= 0.3 is 0 Å². The molecule has 1 unspecified atom stereocenters. The van der Waals surface area contributed by atoms with Gasteiger partial charge in [0.15, 0.2) is 5.16 Å². The average molecular weight is 279 g/mol. The van der Waals surface area contributed by atoms with Crippen molar-refractivity contribution in [2.24, 2.45) is 0 Å². The first-order valence-corrected chi connectivity index (χ1v) is 5.68. The van der Waals surface area contributed by atoms with Crippen molar-refractivity contribution < 1.29 is 9.84 Å². The maximum Gasteiger partial charge on any atom is 0.231 e. The molecule has 0 fully saturated rings. The zero-order valence-corrected chi connectivity index (χ0v) is 10.3. The van der Waals surface area contributed by atoms with Gasteiger partial charge < -0.3 is 9.84 Å². The number of rotatable bonds is 4. The van der Waals surface area contributed by atoms with Crippen molar-refractivity contribution >= 4 is 27.7 Å². The molecule has 6 heteroatoms. The van der Waals surface area contributed by atoms with Crippen LogP contribution in [0.2, 0.25) is 0 Å². The number of aliphatic hydroxyl groups excluding tert-OH is 1. The average Bonchev–Trinajstić information content (AvgIpc) is 2.20. The van der Waals surface area contributed by atoms with Crippen molar-refractivity contribution in [3.63, 3.8) is 0 Å². The van der Waals surface area contributed by atoms with Crippen LogP contribution < -0.4 is 4.74 Å². The summed E-state index contributed by atoms with van der Waals surface area (Å²) < 4.78 is 5.75. The molecular formula is C8H11BrN2O2S. The predicted molar refractivity (Wildman–Crippen MR) is 58.7 cm³/mol. The van der Waals surface area contributed by atoms with E-state index >= 15 is 0 Å². The SMILES string of the molecule is COc1nc(SC(C)CO)ncc1Br. The van der Waals surface area contributed by atoms with Crippen LogP contribution in [0.5, 0.6) is 5.88 Å². The molecule has 0 spiro atoms. The maximum absolute atomic E-state index is 8.86. The molecule has 0 saturated heterocycles. The predicted octanol–water partition coefficient (Wildman–Crippen LogP) is 1.72. The molecule has 0 saturated carbocycles. The summed E-state index contributed by atoms with van der Waals surface area (Å²) in [6, 6.07) is 0. The lowest BCUT2D eigenvalue weighted by Crippen LogP contribution is -2.03. The Labute approximate surface area is 95.2 Å². The fourth-order valence-corrected chi connectivity index (χ4v) is 1.79. The highest BCUT2D eigenvalue weighted by molar-refractivity contribution is 9.10. The van der Waals surface area contributed by atoms with Crippen LogP contribution in [0.3, 0.4) is 0 Å². The maximum atomic E-state index is 8.86. The highest BCUT2D eigenvalue weighted by Crippen LogP contribution is 2.25. The topological polar surface area (TPSA) is 55.2 Å². The molecule has 0 radical (unpaired) electrons. The van der Waals surface area contributed by atoms with Gasteiger partial charge in [0, 0.05) is 11.4 Å². The van der Waals surface area contributed by atoms with E-state index in [0.29, 0.717) is 11.0 Å². The van der Waals surface area contributed by atoms with Gasteiger partial charge in [-0.15, -0.1) is 0 Å². The molecule has 78 valence electrons. The second kappa shape index (κ2) is 5.53. The first-order valence-electron chi connectivity index (χ1n) is 4.01. The summed E-state index contributed by atoms with van der Waals surface area (Å²) in [5.74, 6) is 0.507. The Balaban J connectivity index is 2.79. The summed E-state index contributed by atoms with van der Waals surface area (Å²) in [5.41, 5.74) is 0. The van der Waals surface area contributed by atoms with Crippen molar-refractivity contribution in [3.8, 4) is 5.88 Å². The molecule has 4 nitrogen and oxygen atoms in total. The van der Waals surface area contributed by atoms with Crippen molar-refractivity contribution in [1.29, 1.82) is 0 Å². The van der Waals surface area contributed by atoms with Crippen LogP contribution in [0.1, 0.15) is 6.92 Å². The number of hydrogen-bond acceptors (Lipinski definition) is 5. The monoisotopic (exact) mass is 278 g/mol. The largest absolute Gasteiger partial charge is 0.480 e.